The van der Waals surface area contributed by atoms with Crippen LogP contribution in [-0.2, 0) is 0 Å². The molecule has 1 rings (SSSR count). The van der Waals surface area contributed by atoms with Gasteiger partial charge in [-0.05, 0) is 22.5 Å². The molecule has 0 heterocycles. The maximum Gasteiger partial charge on any atom is 0.0990 e. The van der Waals surface area contributed by atoms with Gasteiger partial charge in [0.2, 0.25) is 0 Å². The van der Waals surface area contributed by atoms with Crippen molar-refractivity contribution in [3.8, 4) is 6.07 Å². The van der Waals surface area contributed by atoms with Crippen molar-refractivity contribution in [2.75, 3.05) is 0 Å². The van der Waals surface area contributed by atoms with Gasteiger partial charge >= 0.3 is 0 Å². The van der Waals surface area contributed by atoms with Crippen LogP contribution in [0.4, 0.5) is 0 Å². The lowest BCUT2D eigenvalue weighted by molar-refractivity contribution is 1.49. The fraction of sp³-hybridized carbons (Fsp3) is 0.462. The zero-order chi connectivity index (χ0) is 13.4. The van der Waals surface area contributed by atoms with E-state index in [2.05, 4.69) is 73.4 Å². The van der Waals surface area contributed by atoms with Crippen molar-refractivity contribution in [1.29, 1.82) is 5.26 Å². The molecule has 0 unspecified atom stereocenters. The summed E-state index contributed by atoms with van der Waals surface area (Å²) in [7, 11) is -2.84. The lowest BCUT2D eigenvalue weighted by Crippen LogP contribution is -2.44. The molecule has 4 heteroatoms. The van der Waals surface area contributed by atoms with E-state index in [-0.39, 0.29) is 0 Å². The second-order valence-corrected chi connectivity index (χ2v) is 17.4. The molecule has 0 bridgehead atoms. The smallest absolute Gasteiger partial charge is 0.0990 e. The van der Waals surface area contributed by atoms with E-state index in [0.29, 0.717) is 0 Å². The number of benzene rings is 1. The van der Waals surface area contributed by atoms with Crippen LogP contribution in [0.2, 0.25) is 39.3 Å². The van der Waals surface area contributed by atoms with Crippen LogP contribution in [0.25, 0.3) is 0 Å². The van der Waals surface area contributed by atoms with Gasteiger partial charge in [-0.15, -0.1) is 0 Å². The van der Waals surface area contributed by atoms with Crippen molar-refractivity contribution in [2.24, 2.45) is 0 Å². The minimum Gasteiger partial charge on any atom is -0.192 e. The summed E-state index contributed by atoms with van der Waals surface area (Å²) in [4.78, 5) is 0. The van der Waals surface area contributed by atoms with Crippen LogP contribution in [0.1, 0.15) is 5.56 Å². The quantitative estimate of drug-likeness (QED) is 0.764. The summed E-state index contributed by atoms with van der Waals surface area (Å²) in [5, 5.41) is 11.9. The highest BCUT2D eigenvalue weighted by atomic mass is 79.9. The first-order valence-electron chi connectivity index (χ1n) is 5.82. The highest BCUT2D eigenvalue weighted by molar-refractivity contribution is 9.10. The molecule has 1 aromatic rings. The predicted octanol–water partition coefficient (Wildman–Crippen LogP) is 3.41. The molecule has 17 heavy (non-hydrogen) atoms. The van der Waals surface area contributed by atoms with Gasteiger partial charge in [-0.25, -0.2) is 0 Å². The Kier molecular flexibility index (Phi) is 4.07. The summed E-state index contributed by atoms with van der Waals surface area (Å²) >= 11 is 3.69. The summed E-state index contributed by atoms with van der Waals surface area (Å²) in [5.74, 6) is 0. The van der Waals surface area contributed by atoms with Crippen LogP contribution in [0.3, 0.4) is 0 Å². The maximum atomic E-state index is 9.34. The fourth-order valence-corrected chi connectivity index (χ4v) is 7.08. The molecule has 0 saturated carbocycles. The van der Waals surface area contributed by atoms with Crippen molar-refractivity contribution in [2.45, 2.75) is 39.3 Å². The van der Waals surface area contributed by atoms with Crippen LogP contribution in [0.15, 0.2) is 16.6 Å². The molecule has 0 atom stereocenters. The average molecular weight is 326 g/mol. The van der Waals surface area contributed by atoms with Crippen molar-refractivity contribution < 1.29 is 0 Å². The first kappa shape index (κ1) is 14.7. The molecule has 0 aliphatic carbocycles. The number of nitrogens with zero attached hydrogens (tertiary/aromatic N) is 1. The van der Waals surface area contributed by atoms with E-state index in [0.717, 1.165) is 5.56 Å². The Morgan fingerprint density at radius 2 is 1.41 bits per heavy atom. The molecule has 0 fully saturated rings. The lowest BCUT2D eigenvalue weighted by Gasteiger charge is -2.24. The Bertz CT molecular complexity index is 476. The lowest BCUT2D eigenvalue weighted by atomic mass is 10.2. The van der Waals surface area contributed by atoms with Gasteiger partial charge in [-0.3, -0.25) is 0 Å². The van der Waals surface area contributed by atoms with Gasteiger partial charge in [0, 0.05) is 4.47 Å². The van der Waals surface area contributed by atoms with Gasteiger partial charge in [0.25, 0.3) is 0 Å². The molecule has 92 valence electrons. The molecule has 1 nitrogen and oxygen atoms in total. The molecule has 0 spiro atoms. The monoisotopic (exact) mass is 325 g/mol. The Hall–Kier alpha value is -0.376. The number of hydrogen-bond donors (Lipinski definition) is 0. The van der Waals surface area contributed by atoms with E-state index in [1.165, 1.54) is 14.8 Å². The van der Waals surface area contributed by atoms with Crippen molar-refractivity contribution in [1.82, 2.24) is 0 Å². The second kappa shape index (κ2) is 4.71. The Balaban J connectivity index is 3.53. The molecular weight excluding hydrogens is 306 g/mol. The molecular formula is C13H20BrNSi2. The Morgan fingerprint density at radius 1 is 0.941 bits per heavy atom. The molecule has 0 radical (unpaired) electrons. The van der Waals surface area contributed by atoms with E-state index < -0.39 is 16.1 Å². The minimum absolute atomic E-state index is 0.879. The second-order valence-electron chi connectivity index (χ2n) is 6.49. The fourth-order valence-electron chi connectivity index (χ4n) is 1.86. The van der Waals surface area contributed by atoms with Gasteiger partial charge < -0.3 is 0 Å². The van der Waals surface area contributed by atoms with Gasteiger partial charge in [0.15, 0.2) is 0 Å². The Labute approximate surface area is 115 Å². The number of hydrogen-bond acceptors (Lipinski definition) is 1. The third kappa shape index (κ3) is 3.30. The van der Waals surface area contributed by atoms with Crippen LogP contribution in [0, 0.1) is 11.3 Å². The normalized spacial score (nSPS) is 12.4. The zero-order valence-corrected chi connectivity index (χ0v) is 15.1. The molecule has 0 amide bonds. The van der Waals surface area contributed by atoms with Crippen LogP contribution >= 0.6 is 15.9 Å². The summed E-state index contributed by atoms with van der Waals surface area (Å²) in [6, 6.07) is 6.69. The van der Waals surface area contributed by atoms with E-state index in [4.69, 9.17) is 0 Å². The molecule has 0 aromatic heterocycles. The highest BCUT2D eigenvalue weighted by Gasteiger charge is 2.26. The van der Waals surface area contributed by atoms with Gasteiger partial charge in [-0.1, -0.05) is 55.2 Å². The molecule has 0 saturated heterocycles. The number of nitriles is 1. The summed E-state index contributed by atoms with van der Waals surface area (Å²) < 4.78 is 1.19. The third-order valence-electron chi connectivity index (χ3n) is 2.84. The Morgan fingerprint density at radius 3 is 1.76 bits per heavy atom. The van der Waals surface area contributed by atoms with E-state index in [1.54, 1.807) is 0 Å². The van der Waals surface area contributed by atoms with Crippen molar-refractivity contribution >= 4 is 42.5 Å². The molecule has 1 aromatic carbocycles. The largest absolute Gasteiger partial charge is 0.192 e. The van der Waals surface area contributed by atoms with Crippen molar-refractivity contribution in [3.05, 3.63) is 22.2 Å². The van der Waals surface area contributed by atoms with Crippen LogP contribution in [0.5, 0.6) is 0 Å². The maximum absolute atomic E-state index is 9.34. The van der Waals surface area contributed by atoms with Gasteiger partial charge in [-0.2, -0.15) is 5.26 Å². The highest BCUT2D eigenvalue weighted by Crippen LogP contribution is 2.16. The first-order valence-corrected chi connectivity index (χ1v) is 13.6. The van der Waals surface area contributed by atoms with Crippen molar-refractivity contribution in [3.63, 3.8) is 0 Å². The predicted molar refractivity (Wildman–Crippen MR) is 84.8 cm³/mol. The minimum atomic E-state index is -1.45. The van der Waals surface area contributed by atoms with E-state index in [1.807, 2.05) is 0 Å². The summed E-state index contributed by atoms with van der Waals surface area (Å²) in [6.07, 6.45) is 0. The van der Waals surface area contributed by atoms with Gasteiger partial charge in [0.05, 0.1) is 27.8 Å². The van der Waals surface area contributed by atoms with Crippen LogP contribution in [-0.4, -0.2) is 16.1 Å². The molecule has 0 N–H and O–H groups in total. The third-order valence-corrected chi connectivity index (χ3v) is 7.93. The van der Waals surface area contributed by atoms with E-state index >= 15 is 0 Å². The molecule has 0 aliphatic heterocycles. The summed E-state index contributed by atoms with van der Waals surface area (Å²) in [5.41, 5.74) is 0.879. The van der Waals surface area contributed by atoms with Gasteiger partial charge in [0.1, 0.15) is 0 Å². The average Bonchev–Trinajstić information content (AvgIpc) is 2.14. The standard InChI is InChI=1S/C13H20BrNSi2/c1-16(2,3)12-8-11(14)13(17(4,5)6)7-10(12)9-15/h7-8H,1-6H3. The summed E-state index contributed by atoms with van der Waals surface area (Å²) in [6.45, 7) is 13.8. The molecule has 0 aliphatic rings. The zero-order valence-electron chi connectivity index (χ0n) is 11.5. The topological polar surface area (TPSA) is 23.8 Å². The first-order chi connectivity index (χ1) is 7.57. The van der Waals surface area contributed by atoms with E-state index in [9.17, 15) is 5.26 Å². The number of halogens is 1. The van der Waals surface area contributed by atoms with Crippen LogP contribution < -0.4 is 10.4 Å². The SMILES string of the molecule is C[Si](C)(C)c1cc(C#N)c([Si](C)(C)C)cc1Br. The number of rotatable bonds is 2.